The Morgan fingerprint density at radius 3 is 2.71 bits per heavy atom. The van der Waals surface area contributed by atoms with Gasteiger partial charge in [0.1, 0.15) is 0 Å². The van der Waals surface area contributed by atoms with Gasteiger partial charge in [-0.3, -0.25) is 0 Å². The number of nitrogens with zero attached hydrogens (tertiary/aromatic N) is 1. The van der Waals surface area contributed by atoms with Crippen molar-refractivity contribution in [2.75, 3.05) is 30.7 Å². The molecule has 1 unspecified atom stereocenters. The zero-order chi connectivity index (χ0) is 11.8. The van der Waals surface area contributed by atoms with Crippen LogP contribution < -0.4 is 11.1 Å². The summed E-state index contributed by atoms with van der Waals surface area (Å²) in [5.41, 5.74) is 7.74. The molecule has 0 aliphatic carbocycles. The Morgan fingerprint density at radius 2 is 2.06 bits per heavy atom. The number of nitrogen functional groups attached to an aromatic ring is 1. The lowest BCUT2D eigenvalue weighted by Crippen LogP contribution is -2.53. The molecule has 3 aliphatic rings. The van der Waals surface area contributed by atoms with Crippen LogP contribution in [-0.4, -0.2) is 30.6 Å². The maximum atomic E-state index is 6.01. The molecule has 0 aromatic heterocycles. The van der Waals surface area contributed by atoms with Gasteiger partial charge in [0.2, 0.25) is 0 Å². The fourth-order valence-electron chi connectivity index (χ4n) is 2.98. The topological polar surface area (TPSA) is 41.3 Å². The molecule has 4 heteroatoms. The van der Waals surface area contributed by atoms with E-state index in [2.05, 4.69) is 10.2 Å². The molecule has 3 saturated heterocycles. The number of nitrogens with two attached hydrogens (primary N) is 1. The van der Waals surface area contributed by atoms with Gasteiger partial charge in [0, 0.05) is 17.6 Å². The predicted octanol–water partition coefficient (Wildman–Crippen LogP) is 2.43. The van der Waals surface area contributed by atoms with Crippen LogP contribution in [0.15, 0.2) is 18.2 Å². The van der Waals surface area contributed by atoms with Gasteiger partial charge in [-0.1, -0.05) is 11.6 Å². The molecule has 3 aliphatic heterocycles. The summed E-state index contributed by atoms with van der Waals surface area (Å²) in [7, 11) is 0. The number of anilines is 2. The molecule has 92 valence electrons. The average Bonchev–Trinajstić information content (AvgIpc) is 2.35. The van der Waals surface area contributed by atoms with E-state index in [9.17, 15) is 0 Å². The van der Waals surface area contributed by atoms with Crippen LogP contribution in [-0.2, 0) is 0 Å². The van der Waals surface area contributed by atoms with Crippen molar-refractivity contribution in [1.82, 2.24) is 4.90 Å². The standard InChI is InChI=1S/C13H18ClN3/c14-10-1-2-11(15)12(7-10)16-13-8-17-5-3-9(13)4-6-17/h1-2,7,9,13,16H,3-6,8,15H2. The van der Waals surface area contributed by atoms with Gasteiger partial charge in [-0.2, -0.15) is 0 Å². The molecule has 2 bridgehead atoms. The lowest BCUT2D eigenvalue weighted by molar-refractivity contribution is 0.0975. The highest BCUT2D eigenvalue weighted by atomic mass is 35.5. The molecule has 0 radical (unpaired) electrons. The molecule has 0 spiro atoms. The Hall–Kier alpha value is -0.930. The maximum Gasteiger partial charge on any atom is 0.0591 e. The highest BCUT2D eigenvalue weighted by Crippen LogP contribution is 2.32. The van der Waals surface area contributed by atoms with Gasteiger partial charge in [-0.25, -0.2) is 0 Å². The molecule has 0 amide bonds. The maximum absolute atomic E-state index is 6.01. The summed E-state index contributed by atoms with van der Waals surface area (Å²) in [6, 6.07) is 6.15. The zero-order valence-electron chi connectivity index (χ0n) is 9.82. The Labute approximate surface area is 107 Å². The molecule has 1 aromatic rings. The van der Waals surface area contributed by atoms with Crippen molar-refractivity contribution in [3.8, 4) is 0 Å². The summed E-state index contributed by atoms with van der Waals surface area (Å²) < 4.78 is 0. The first-order valence-corrected chi connectivity index (χ1v) is 6.64. The van der Waals surface area contributed by atoms with E-state index in [1.807, 2.05) is 18.2 Å². The first kappa shape index (κ1) is 11.2. The van der Waals surface area contributed by atoms with Crippen LogP contribution in [0.2, 0.25) is 5.02 Å². The molecular formula is C13H18ClN3. The van der Waals surface area contributed by atoms with Gasteiger partial charge in [-0.05, 0) is 50.0 Å². The third-order valence-corrected chi connectivity index (χ3v) is 4.25. The first-order chi connectivity index (χ1) is 8.22. The van der Waals surface area contributed by atoms with E-state index < -0.39 is 0 Å². The van der Waals surface area contributed by atoms with E-state index in [-0.39, 0.29) is 0 Å². The monoisotopic (exact) mass is 251 g/mol. The van der Waals surface area contributed by atoms with Crippen molar-refractivity contribution in [3.63, 3.8) is 0 Å². The van der Waals surface area contributed by atoms with Gasteiger partial charge in [0.05, 0.1) is 11.4 Å². The summed E-state index contributed by atoms with van der Waals surface area (Å²) in [6.45, 7) is 3.65. The van der Waals surface area contributed by atoms with E-state index in [1.54, 1.807) is 0 Å². The first-order valence-electron chi connectivity index (χ1n) is 6.26. The number of nitrogens with one attached hydrogen (secondary N) is 1. The van der Waals surface area contributed by atoms with Gasteiger partial charge in [0.15, 0.2) is 0 Å². The zero-order valence-corrected chi connectivity index (χ0v) is 10.6. The second-order valence-electron chi connectivity index (χ2n) is 5.12. The Balaban J connectivity index is 1.76. The molecule has 3 nitrogen and oxygen atoms in total. The van der Waals surface area contributed by atoms with E-state index in [1.165, 1.54) is 25.9 Å². The van der Waals surface area contributed by atoms with E-state index >= 15 is 0 Å². The van der Waals surface area contributed by atoms with Crippen molar-refractivity contribution in [2.45, 2.75) is 18.9 Å². The molecule has 3 N–H and O–H groups in total. The number of halogens is 1. The number of benzene rings is 1. The van der Waals surface area contributed by atoms with Crippen molar-refractivity contribution >= 4 is 23.0 Å². The Kier molecular flexibility index (Phi) is 2.89. The van der Waals surface area contributed by atoms with Crippen LogP contribution in [0.25, 0.3) is 0 Å². The predicted molar refractivity (Wildman–Crippen MR) is 72.4 cm³/mol. The largest absolute Gasteiger partial charge is 0.397 e. The molecule has 3 heterocycles. The molecule has 1 aromatic carbocycles. The molecule has 3 fully saturated rings. The molecule has 4 rings (SSSR count). The average molecular weight is 252 g/mol. The number of hydrogen-bond donors (Lipinski definition) is 2. The highest BCUT2D eigenvalue weighted by molar-refractivity contribution is 6.31. The van der Waals surface area contributed by atoms with E-state index in [4.69, 9.17) is 17.3 Å². The van der Waals surface area contributed by atoms with Crippen LogP contribution in [0, 0.1) is 5.92 Å². The van der Waals surface area contributed by atoms with Gasteiger partial charge >= 0.3 is 0 Å². The minimum absolute atomic E-state index is 0.526. The highest BCUT2D eigenvalue weighted by Gasteiger charge is 2.34. The number of hydrogen-bond acceptors (Lipinski definition) is 3. The van der Waals surface area contributed by atoms with Crippen LogP contribution >= 0.6 is 11.6 Å². The quantitative estimate of drug-likeness (QED) is 0.794. The smallest absolute Gasteiger partial charge is 0.0591 e. The van der Waals surface area contributed by atoms with Crippen LogP contribution in [0.3, 0.4) is 0 Å². The molecular weight excluding hydrogens is 234 g/mol. The third kappa shape index (κ3) is 2.22. The van der Waals surface area contributed by atoms with Crippen molar-refractivity contribution in [3.05, 3.63) is 23.2 Å². The number of rotatable bonds is 2. The third-order valence-electron chi connectivity index (χ3n) is 4.01. The van der Waals surface area contributed by atoms with Crippen molar-refractivity contribution in [1.29, 1.82) is 0 Å². The Bertz CT molecular complexity index is 413. The summed E-state index contributed by atoms with van der Waals surface area (Å²) in [5, 5.41) is 4.31. The second-order valence-corrected chi connectivity index (χ2v) is 5.56. The molecule has 0 saturated carbocycles. The van der Waals surface area contributed by atoms with Gasteiger partial charge in [-0.15, -0.1) is 0 Å². The number of fused-ring (bicyclic) bond motifs is 3. The molecule has 1 atom stereocenters. The SMILES string of the molecule is Nc1ccc(Cl)cc1NC1CN2CCC1CC2. The molecule has 17 heavy (non-hydrogen) atoms. The van der Waals surface area contributed by atoms with Gasteiger partial charge < -0.3 is 16.0 Å². The van der Waals surface area contributed by atoms with Crippen LogP contribution in [0.4, 0.5) is 11.4 Å². The summed E-state index contributed by atoms with van der Waals surface area (Å²) in [4.78, 5) is 2.53. The van der Waals surface area contributed by atoms with Gasteiger partial charge in [0.25, 0.3) is 0 Å². The minimum atomic E-state index is 0.526. The summed E-state index contributed by atoms with van der Waals surface area (Å²) in [6.07, 6.45) is 2.61. The summed E-state index contributed by atoms with van der Waals surface area (Å²) in [5.74, 6) is 0.790. The normalized spacial score (nSPS) is 31.5. The minimum Gasteiger partial charge on any atom is -0.397 e. The fourth-order valence-corrected chi connectivity index (χ4v) is 3.15. The van der Waals surface area contributed by atoms with Crippen LogP contribution in [0.5, 0.6) is 0 Å². The fraction of sp³-hybridized carbons (Fsp3) is 0.538. The van der Waals surface area contributed by atoms with Crippen LogP contribution in [0.1, 0.15) is 12.8 Å². The van der Waals surface area contributed by atoms with Crippen molar-refractivity contribution < 1.29 is 0 Å². The Morgan fingerprint density at radius 1 is 1.29 bits per heavy atom. The summed E-state index contributed by atoms with van der Waals surface area (Å²) >= 11 is 6.01. The van der Waals surface area contributed by atoms with E-state index in [0.717, 1.165) is 28.9 Å². The number of piperidine rings is 3. The van der Waals surface area contributed by atoms with Crippen molar-refractivity contribution in [2.24, 2.45) is 5.92 Å². The lowest BCUT2D eigenvalue weighted by Gasteiger charge is -2.45. The lowest BCUT2D eigenvalue weighted by atomic mass is 9.84. The van der Waals surface area contributed by atoms with E-state index in [0.29, 0.717) is 6.04 Å². The second kappa shape index (κ2) is 4.39.